The highest BCUT2D eigenvalue weighted by Crippen LogP contribution is 2.48. The Hall–Kier alpha value is -2.89. The molecule has 3 N–H and O–H groups in total. The number of benzene rings is 1. The average Bonchev–Trinajstić information content (AvgIpc) is 3.24. The van der Waals surface area contributed by atoms with Gasteiger partial charge in [-0.3, -0.25) is 14.5 Å². The van der Waals surface area contributed by atoms with E-state index in [4.69, 9.17) is 15.0 Å². The maximum absolute atomic E-state index is 13.8. The summed E-state index contributed by atoms with van der Waals surface area (Å²) in [6.45, 7) is 6.10. The topological polar surface area (TPSA) is 150 Å². The summed E-state index contributed by atoms with van der Waals surface area (Å²) in [4.78, 5) is 51.1. The summed E-state index contributed by atoms with van der Waals surface area (Å²) in [5, 5.41) is 12.4. The van der Waals surface area contributed by atoms with Gasteiger partial charge in [0.2, 0.25) is 11.8 Å². The third-order valence-electron chi connectivity index (χ3n) is 8.89. The molecule has 5 aliphatic rings. The van der Waals surface area contributed by atoms with Crippen LogP contribution in [0.4, 0.5) is 4.79 Å². The number of alkyl carbamates (subject to hydrolysis) is 1. The lowest BCUT2D eigenvalue weighted by Crippen LogP contribution is -2.59. The minimum absolute atomic E-state index is 0.00507. The number of nitrogens with zero attached hydrogens (tertiary/aromatic N) is 4. The second kappa shape index (κ2) is 10.7. The van der Waals surface area contributed by atoms with Gasteiger partial charge >= 0.3 is 6.09 Å². The van der Waals surface area contributed by atoms with Crippen molar-refractivity contribution in [3.05, 3.63) is 29.3 Å². The van der Waals surface area contributed by atoms with Crippen molar-refractivity contribution in [3.8, 4) is 6.07 Å². The summed E-state index contributed by atoms with van der Waals surface area (Å²) in [6.07, 6.45) is 3.27. The van der Waals surface area contributed by atoms with E-state index in [-0.39, 0.29) is 42.5 Å². The minimum atomic E-state index is -0.913. The molecule has 220 valence electrons. The van der Waals surface area contributed by atoms with Gasteiger partial charge in [0.25, 0.3) is 0 Å². The molecule has 2 aliphatic carbocycles. The second-order valence-corrected chi connectivity index (χ2v) is 13.4. The molecule has 13 heteroatoms. The largest absolute Gasteiger partial charge is 0.444 e. The van der Waals surface area contributed by atoms with Crippen LogP contribution in [0.3, 0.4) is 0 Å². The Morgan fingerprint density at radius 2 is 2.05 bits per heavy atom. The van der Waals surface area contributed by atoms with Crippen molar-refractivity contribution in [2.75, 3.05) is 13.1 Å². The molecule has 3 aliphatic heterocycles. The van der Waals surface area contributed by atoms with Crippen LogP contribution in [-0.2, 0) is 30.1 Å². The number of piperazine rings is 1. The van der Waals surface area contributed by atoms with Gasteiger partial charge in [0.05, 0.1) is 30.2 Å². The Kier molecular flexibility index (Phi) is 7.40. The van der Waals surface area contributed by atoms with Crippen molar-refractivity contribution in [1.82, 2.24) is 20.0 Å². The SMILES string of the molecule is CC(C)(C)OC(=O)N[C@@H](CN1C[C@H]2C[C@@H]1C(=O)N2[C@@H]1CCc2cc(SOON)ccc21)C(=O)N1[C@H](C#N)C[C@@H]2C[C@@H]21. The predicted octanol–water partition coefficient (Wildman–Crippen LogP) is 2.19. The number of aryl methyl sites for hydroxylation is 1. The van der Waals surface area contributed by atoms with Crippen molar-refractivity contribution in [3.63, 3.8) is 0 Å². The molecule has 6 rings (SSSR count). The molecule has 12 nitrogen and oxygen atoms in total. The average molecular weight is 585 g/mol. The maximum atomic E-state index is 13.8. The van der Waals surface area contributed by atoms with Crippen LogP contribution in [0.5, 0.6) is 0 Å². The van der Waals surface area contributed by atoms with Gasteiger partial charge < -0.3 is 19.9 Å². The van der Waals surface area contributed by atoms with Gasteiger partial charge in [-0.1, -0.05) is 6.07 Å². The summed E-state index contributed by atoms with van der Waals surface area (Å²) < 4.78 is 10.2. The summed E-state index contributed by atoms with van der Waals surface area (Å²) in [6, 6.07) is 6.59. The lowest BCUT2D eigenvalue weighted by atomic mass is 10.1. The number of carbonyl (C=O) groups is 3. The van der Waals surface area contributed by atoms with E-state index in [1.54, 1.807) is 25.7 Å². The standard InChI is InChI=1S/C28H36N6O6S/c1-28(2,3)38-27(37)31-21(25(35)33-17(12-29)8-16-10-23(16)33)14-32-13-18-11-24(32)26(36)34(18)22-7-4-15-9-19(41-40-39-30)5-6-20(15)22/h5-6,9,16-18,21-24H,4,7-8,10-11,13-14,30H2,1-3H3,(H,31,37)/t16-,17+,18-,21+,22-,23+,24-/m1/s1. The molecule has 3 saturated heterocycles. The van der Waals surface area contributed by atoms with E-state index in [2.05, 4.69) is 16.4 Å². The number of carbonyl (C=O) groups excluding carboxylic acids is 3. The zero-order valence-electron chi connectivity index (χ0n) is 23.4. The van der Waals surface area contributed by atoms with E-state index in [1.165, 1.54) is 5.56 Å². The van der Waals surface area contributed by atoms with Gasteiger partial charge in [-0.2, -0.15) is 11.2 Å². The number of hydrogen-bond acceptors (Lipinski definition) is 10. The molecule has 2 bridgehead atoms. The van der Waals surface area contributed by atoms with Gasteiger partial charge in [-0.25, -0.2) is 4.79 Å². The third-order valence-corrected chi connectivity index (χ3v) is 9.49. The summed E-state index contributed by atoms with van der Waals surface area (Å²) in [7, 11) is 0. The van der Waals surface area contributed by atoms with Crippen LogP contribution in [0.25, 0.3) is 0 Å². The molecule has 3 heterocycles. The van der Waals surface area contributed by atoms with E-state index in [9.17, 15) is 19.6 Å². The van der Waals surface area contributed by atoms with Crippen molar-refractivity contribution in [1.29, 1.82) is 5.26 Å². The number of ether oxygens (including phenoxy) is 1. The van der Waals surface area contributed by atoms with Crippen molar-refractivity contribution < 1.29 is 28.4 Å². The number of nitrogens with two attached hydrogens (primary N) is 1. The number of nitrogens with one attached hydrogen (secondary N) is 1. The molecule has 41 heavy (non-hydrogen) atoms. The first-order valence-corrected chi connectivity index (χ1v) is 14.9. The van der Waals surface area contributed by atoms with Gasteiger partial charge in [0, 0.05) is 30.1 Å². The highest BCUT2D eigenvalue weighted by atomic mass is 32.2. The van der Waals surface area contributed by atoms with Crippen LogP contribution >= 0.6 is 12.0 Å². The smallest absolute Gasteiger partial charge is 0.408 e. The van der Waals surface area contributed by atoms with Crippen molar-refractivity contribution >= 4 is 30.0 Å². The summed E-state index contributed by atoms with van der Waals surface area (Å²) >= 11 is 1.04. The van der Waals surface area contributed by atoms with E-state index in [0.717, 1.165) is 41.8 Å². The summed E-state index contributed by atoms with van der Waals surface area (Å²) in [5.41, 5.74) is 1.59. The maximum Gasteiger partial charge on any atom is 0.408 e. The molecular weight excluding hydrogens is 548 g/mol. The molecule has 0 aromatic heterocycles. The lowest BCUT2D eigenvalue weighted by molar-refractivity contribution is -0.195. The molecule has 0 spiro atoms. The van der Waals surface area contributed by atoms with E-state index < -0.39 is 23.8 Å². The zero-order valence-corrected chi connectivity index (χ0v) is 24.3. The van der Waals surface area contributed by atoms with Gasteiger partial charge in [0.1, 0.15) is 17.7 Å². The van der Waals surface area contributed by atoms with Gasteiger partial charge in [-0.05, 0) is 82.1 Å². The van der Waals surface area contributed by atoms with Crippen LogP contribution in [0.1, 0.15) is 63.6 Å². The number of nitriles is 1. The molecule has 3 amide bonds. The fourth-order valence-electron chi connectivity index (χ4n) is 7.21. The lowest BCUT2D eigenvalue weighted by Gasteiger charge is -2.39. The first-order valence-electron chi connectivity index (χ1n) is 14.2. The van der Waals surface area contributed by atoms with Crippen molar-refractivity contribution in [2.24, 2.45) is 11.8 Å². The minimum Gasteiger partial charge on any atom is -0.444 e. The Bertz CT molecular complexity index is 1280. The van der Waals surface area contributed by atoms with E-state index in [1.807, 2.05) is 28.0 Å². The Labute approximate surface area is 243 Å². The second-order valence-electron chi connectivity index (χ2n) is 12.7. The Morgan fingerprint density at radius 1 is 1.24 bits per heavy atom. The number of rotatable bonds is 8. The number of likely N-dealkylation sites (tertiary alicyclic amines) is 3. The fraction of sp³-hybridized carbons (Fsp3) is 0.643. The fourth-order valence-corrected chi connectivity index (χ4v) is 7.64. The van der Waals surface area contributed by atoms with E-state index in [0.29, 0.717) is 25.3 Å². The number of fused-ring (bicyclic) bond motifs is 4. The molecule has 1 aromatic carbocycles. The molecule has 1 aromatic rings. The highest BCUT2D eigenvalue weighted by Gasteiger charge is 2.57. The number of piperidine rings is 1. The van der Waals surface area contributed by atoms with E-state index >= 15 is 0 Å². The predicted molar refractivity (Wildman–Crippen MR) is 146 cm³/mol. The number of hydrogen-bond donors (Lipinski definition) is 2. The van der Waals surface area contributed by atoms with Crippen LogP contribution in [0, 0.1) is 17.2 Å². The van der Waals surface area contributed by atoms with Crippen LogP contribution in [0.2, 0.25) is 0 Å². The Morgan fingerprint density at radius 3 is 2.76 bits per heavy atom. The molecular formula is C28H36N6O6S. The molecule has 0 unspecified atom stereocenters. The molecule has 1 saturated carbocycles. The monoisotopic (exact) mass is 584 g/mol. The zero-order chi connectivity index (χ0) is 29.1. The van der Waals surface area contributed by atoms with Crippen LogP contribution in [-0.4, -0.2) is 81.5 Å². The highest BCUT2D eigenvalue weighted by molar-refractivity contribution is 7.94. The molecule has 0 radical (unpaired) electrons. The molecule has 7 atom stereocenters. The van der Waals surface area contributed by atoms with Crippen molar-refractivity contribution in [2.45, 2.75) is 99.6 Å². The quantitative estimate of drug-likeness (QED) is 0.264. The molecule has 4 fully saturated rings. The first-order chi connectivity index (χ1) is 19.6. The van der Waals surface area contributed by atoms with Gasteiger partial charge in [0.15, 0.2) is 0 Å². The van der Waals surface area contributed by atoms with Crippen LogP contribution in [0.15, 0.2) is 23.1 Å². The first kappa shape index (κ1) is 28.2. The van der Waals surface area contributed by atoms with Gasteiger partial charge in [-0.15, -0.1) is 9.32 Å². The summed E-state index contributed by atoms with van der Waals surface area (Å²) in [5.74, 6) is 5.08. The Balaban J connectivity index is 1.16. The third kappa shape index (κ3) is 5.39. The van der Waals surface area contributed by atoms with Crippen LogP contribution < -0.4 is 11.2 Å². The number of amides is 3. The normalized spacial score (nSPS) is 30.7.